The fraction of sp³-hybridized carbons (Fsp3) is 0.357. The van der Waals surface area contributed by atoms with Crippen LogP contribution in [0.2, 0.25) is 5.02 Å². The van der Waals surface area contributed by atoms with Crippen LogP contribution in [0.4, 0.5) is 5.95 Å². The van der Waals surface area contributed by atoms with E-state index in [0.29, 0.717) is 6.54 Å². The highest BCUT2D eigenvalue weighted by Gasteiger charge is 2.05. The summed E-state index contributed by atoms with van der Waals surface area (Å²) in [6.45, 7) is 2.30. The lowest BCUT2D eigenvalue weighted by Gasteiger charge is -2.10. The molecule has 0 saturated heterocycles. The summed E-state index contributed by atoms with van der Waals surface area (Å²) in [5.74, 6) is 0.857. The number of nitrogens with zero attached hydrogens (tertiary/aromatic N) is 2. The quantitative estimate of drug-likeness (QED) is 0.792. The maximum atomic E-state index is 6.17. The Kier molecular flexibility index (Phi) is 5.24. The van der Waals surface area contributed by atoms with Gasteiger partial charge in [0.05, 0.1) is 6.54 Å². The van der Waals surface area contributed by atoms with Crippen LogP contribution in [0.15, 0.2) is 36.7 Å². The largest absolute Gasteiger partial charge is 0.385 e. The molecule has 1 aromatic heterocycles. The van der Waals surface area contributed by atoms with Crippen molar-refractivity contribution in [3.05, 3.63) is 47.2 Å². The zero-order valence-corrected chi connectivity index (χ0v) is 11.7. The Morgan fingerprint density at radius 1 is 1.37 bits per heavy atom. The molecule has 0 aliphatic heterocycles. The van der Waals surface area contributed by atoms with E-state index in [-0.39, 0.29) is 0 Å². The van der Waals surface area contributed by atoms with Crippen LogP contribution < -0.4 is 5.32 Å². The van der Waals surface area contributed by atoms with E-state index in [1.807, 2.05) is 35.0 Å². The monoisotopic (exact) mass is 279 g/mol. The summed E-state index contributed by atoms with van der Waals surface area (Å²) < 4.78 is 7.07. The number of halogens is 1. The van der Waals surface area contributed by atoms with Crippen molar-refractivity contribution in [2.45, 2.75) is 13.0 Å². The zero-order chi connectivity index (χ0) is 13.5. The number of imidazole rings is 1. The molecule has 0 amide bonds. The first-order chi connectivity index (χ1) is 9.31. The molecular weight excluding hydrogens is 262 g/mol. The van der Waals surface area contributed by atoms with E-state index in [9.17, 15) is 0 Å². The summed E-state index contributed by atoms with van der Waals surface area (Å²) in [5, 5.41) is 4.08. The number of hydrogen-bond donors (Lipinski definition) is 1. The Morgan fingerprint density at radius 3 is 3.00 bits per heavy atom. The Labute approximate surface area is 118 Å². The van der Waals surface area contributed by atoms with Gasteiger partial charge in [-0.1, -0.05) is 29.8 Å². The molecule has 0 aliphatic carbocycles. The highest BCUT2D eigenvalue weighted by Crippen LogP contribution is 2.17. The van der Waals surface area contributed by atoms with Crippen molar-refractivity contribution in [3.63, 3.8) is 0 Å². The smallest absolute Gasteiger partial charge is 0.203 e. The van der Waals surface area contributed by atoms with Crippen molar-refractivity contribution in [1.82, 2.24) is 9.55 Å². The van der Waals surface area contributed by atoms with Crippen molar-refractivity contribution in [2.75, 3.05) is 25.6 Å². The van der Waals surface area contributed by atoms with Gasteiger partial charge in [0, 0.05) is 37.7 Å². The standard InChI is InChI=1S/C14H18ClN3O/c1-19-10-4-7-16-14-17-8-9-18(14)11-12-5-2-3-6-13(12)15/h2-3,5-6,8-9H,4,7,10-11H2,1H3,(H,16,17). The number of ether oxygens (including phenoxy) is 1. The van der Waals surface area contributed by atoms with Gasteiger partial charge in [0.15, 0.2) is 0 Å². The number of aromatic nitrogens is 2. The molecule has 1 heterocycles. The topological polar surface area (TPSA) is 39.1 Å². The van der Waals surface area contributed by atoms with Gasteiger partial charge in [0.1, 0.15) is 0 Å². The third-order valence-electron chi connectivity index (χ3n) is 2.82. The van der Waals surface area contributed by atoms with Crippen LogP contribution in [0, 0.1) is 0 Å². The first-order valence-corrected chi connectivity index (χ1v) is 6.66. The predicted molar refractivity (Wildman–Crippen MR) is 77.8 cm³/mol. The molecule has 0 unspecified atom stereocenters. The van der Waals surface area contributed by atoms with Gasteiger partial charge in [0.25, 0.3) is 0 Å². The van der Waals surface area contributed by atoms with Gasteiger partial charge in [-0.3, -0.25) is 0 Å². The average Bonchev–Trinajstić information content (AvgIpc) is 2.85. The van der Waals surface area contributed by atoms with Crippen LogP contribution in [0.25, 0.3) is 0 Å². The van der Waals surface area contributed by atoms with Crippen molar-refractivity contribution in [1.29, 1.82) is 0 Å². The number of methoxy groups -OCH3 is 1. The molecular formula is C14H18ClN3O. The normalized spacial score (nSPS) is 10.6. The maximum Gasteiger partial charge on any atom is 0.203 e. The van der Waals surface area contributed by atoms with Gasteiger partial charge in [0.2, 0.25) is 5.95 Å². The molecule has 19 heavy (non-hydrogen) atoms. The highest BCUT2D eigenvalue weighted by atomic mass is 35.5. The molecule has 0 spiro atoms. The lowest BCUT2D eigenvalue weighted by molar-refractivity contribution is 0.197. The molecule has 5 heteroatoms. The number of hydrogen-bond acceptors (Lipinski definition) is 3. The second kappa shape index (κ2) is 7.16. The fourth-order valence-electron chi connectivity index (χ4n) is 1.83. The molecule has 0 aliphatic rings. The maximum absolute atomic E-state index is 6.17. The third-order valence-corrected chi connectivity index (χ3v) is 3.19. The predicted octanol–water partition coefficient (Wildman–Crippen LogP) is 3.03. The number of rotatable bonds is 7. The van der Waals surface area contributed by atoms with Gasteiger partial charge in [-0.2, -0.15) is 0 Å². The summed E-state index contributed by atoms with van der Waals surface area (Å²) in [6, 6.07) is 7.85. The second-order valence-corrected chi connectivity index (χ2v) is 4.65. The van der Waals surface area contributed by atoms with E-state index in [4.69, 9.17) is 16.3 Å². The summed E-state index contributed by atoms with van der Waals surface area (Å²) in [7, 11) is 1.71. The Hall–Kier alpha value is -1.52. The Morgan fingerprint density at radius 2 is 2.21 bits per heavy atom. The van der Waals surface area contributed by atoms with E-state index in [2.05, 4.69) is 10.3 Å². The molecule has 0 saturated carbocycles. The molecule has 1 aromatic carbocycles. The van der Waals surface area contributed by atoms with E-state index >= 15 is 0 Å². The number of anilines is 1. The Balaban J connectivity index is 1.98. The van der Waals surface area contributed by atoms with Gasteiger partial charge in [-0.05, 0) is 18.1 Å². The summed E-state index contributed by atoms with van der Waals surface area (Å²) in [4.78, 5) is 4.31. The van der Waals surface area contributed by atoms with Crippen LogP contribution in [0.5, 0.6) is 0 Å². The summed E-state index contributed by atoms with van der Waals surface area (Å²) in [6.07, 6.45) is 4.69. The van der Waals surface area contributed by atoms with Gasteiger partial charge in [-0.15, -0.1) is 0 Å². The van der Waals surface area contributed by atoms with Gasteiger partial charge in [-0.25, -0.2) is 4.98 Å². The van der Waals surface area contributed by atoms with Crippen molar-refractivity contribution in [2.24, 2.45) is 0 Å². The lowest BCUT2D eigenvalue weighted by Crippen LogP contribution is -2.11. The number of nitrogens with one attached hydrogen (secondary N) is 1. The van der Waals surface area contributed by atoms with Crippen molar-refractivity contribution < 1.29 is 4.74 Å². The fourth-order valence-corrected chi connectivity index (χ4v) is 2.03. The molecule has 2 rings (SSSR count). The van der Waals surface area contributed by atoms with Crippen LogP contribution in [-0.4, -0.2) is 29.8 Å². The molecule has 2 aromatic rings. The van der Waals surface area contributed by atoms with Crippen LogP contribution in [0.1, 0.15) is 12.0 Å². The van der Waals surface area contributed by atoms with Crippen LogP contribution >= 0.6 is 11.6 Å². The lowest BCUT2D eigenvalue weighted by atomic mass is 10.2. The van der Waals surface area contributed by atoms with Gasteiger partial charge < -0.3 is 14.6 Å². The third kappa shape index (κ3) is 3.98. The Bertz CT molecular complexity index is 513. The van der Waals surface area contributed by atoms with E-state index < -0.39 is 0 Å². The van der Waals surface area contributed by atoms with Crippen LogP contribution in [-0.2, 0) is 11.3 Å². The highest BCUT2D eigenvalue weighted by molar-refractivity contribution is 6.31. The summed E-state index contributed by atoms with van der Waals surface area (Å²) in [5.41, 5.74) is 1.09. The minimum absolute atomic E-state index is 0.715. The first kappa shape index (κ1) is 13.9. The molecule has 1 N–H and O–H groups in total. The first-order valence-electron chi connectivity index (χ1n) is 6.28. The average molecular weight is 280 g/mol. The molecule has 4 nitrogen and oxygen atoms in total. The molecule has 0 radical (unpaired) electrons. The minimum atomic E-state index is 0.715. The zero-order valence-electron chi connectivity index (χ0n) is 11.0. The second-order valence-electron chi connectivity index (χ2n) is 4.24. The number of benzene rings is 1. The van der Waals surface area contributed by atoms with Crippen molar-refractivity contribution >= 4 is 17.5 Å². The summed E-state index contributed by atoms with van der Waals surface area (Å²) >= 11 is 6.17. The van der Waals surface area contributed by atoms with E-state index in [1.165, 1.54) is 0 Å². The van der Waals surface area contributed by atoms with E-state index in [0.717, 1.165) is 36.1 Å². The molecule has 102 valence electrons. The molecule has 0 fully saturated rings. The molecule has 0 bridgehead atoms. The molecule has 0 atom stereocenters. The minimum Gasteiger partial charge on any atom is -0.385 e. The SMILES string of the molecule is COCCCNc1nccn1Cc1ccccc1Cl. The van der Waals surface area contributed by atoms with Crippen LogP contribution in [0.3, 0.4) is 0 Å². The van der Waals surface area contributed by atoms with Crippen molar-refractivity contribution in [3.8, 4) is 0 Å². The van der Waals surface area contributed by atoms with E-state index in [1.54, 1.807) is 13.3 Å². The van der Waals surface area contributed by atoms with Gasteiger partial charge >= 0.3 is 0 Å².